The molecule has 1 aliphatic carbocycles. The van der Waals surface area contributed by atoms with E-state index in [1.54, 1.807) is 0 Å². The molecule has 0 radical (unpaired) electrons. The van der Waals surface area contributed by atoms with Crippen LogP contribution in [0.2, 0.25) is 0 Å². The minimum atomic E-state index is -0.835. The highest BCUT2D eigenvalue weighted by molar-refractivity contribution is 4.95. The molecule has 0 aromatic heterocycles. The maximum Gasteiger partial charge on any atom is 0.117 e. The predicted octanol–water partition coefficient (Wildman–Crippen LogP) is 1.09. The first-order valence-corrected chi connectivity index (χ1v) is 4.55. The Morgan fingerprint density at radius 1 is 1.67 bits per heavy atom. The van der Waals surface area contributed by atoms with E-state index in [1.165, 1.54) is 0 Å². The number of nitrogens with one attached hydrogen (secondary N) is 1. The maximum atomic E-state index is 11.9. The Morgan fingerprint density at radius 3 is 2.67 bits per heavy atom. The second-order valence-electron chi connectivity index (χ2n) is 4.26. The molecule has 3 heteroatoms. The summed E-state index contributed by atoms with van der Waals surface area (Å²) in [7, 11) is 0. The molecule has 1 atom stereocenters. The van der Waals surface area contributed by atoms with E-state index in [9.17, 15) is 4.39 Å². The highest BCUT2D eigenvalue weighted by atomic mass is 19.1. The quantitative estimate of drug-likeness (QED) is 0.670. The lowest BCUT2D eigenvalue weighted by Crippen LogP contribution is -2.54. The van der Waals surface area contributed by atoms with Crippen molar-refractivity contribution in [2.75, 3.05) is 13.2 Å². The van der Waals surface area contributed by atoms with E-state index in [2.05, 4.69) is 19.2 Å². The zero-order chi connectivity index (χ0) is 9.19. The number of β-amino-alcohol motifs (C(OH)–C–C–N with tert-alkyl or cyclic N) is 1. The molecule has 1 aliphatic rings. The highest BCUT2D eigenvalue weighted by Gasteiger charge is 2.37. The van der Waals surface area contributed by atoms with Gasteiger partial charge in [0.2, 0.25) is 0 Å². The number of alkyl halides is 1. The third-order valence-electron chi connectivity index (χ3n) is 2.54. The van der Waals surface area contributed by atoms with Gasteiger partial charge in [0.1, 0.15) is 6.67 Å². The van der Waals surface area contributed by atoms with Crippen molar-refractivity contribution in [3.05, 3.63) is 0 Å². The van der Waals surface area contributed by atoms with Gasteiger partial charge in [0.05, 0.1) is 6.10 Å². The van der Waals surface area contributed by atoms with Crippen LogP contribution in [0.15, 0.2) is 0 Å². The van der Waals surface area contributed by atoms with Crippen LogP contribution in [-0.2, 0) is 0 Å². The van der Waals surface area contributed by atoms with Crippen LogP contribution in [0.1, 0.15) is 26.7 Å². The van der Waals surface area contributed by atoms with Gasteiger partial charge in [0.25, 0.3) is 0 Å². The van der Waals surface area contributed by atoms with Gasteiger partial charge in [-0.05, 0) is 25.7 Å². The standard InChI is InChI=1S/C9H18FNO/c1-7-3-9(2,4-7)11-6-8(12)5-10/h7-8,11-12H,3-6H2,1-2H3. The Balaban J connectivity index is 2.15. The molecule has 0 aromatic carbocycles. The van der Waals surface area contributed by atoms with Gasteiger partial charge in [-0.2, -0.15) is 0 Å². The summed E-state index contributed by atoms with van der Waals surface area (Å²) < 4.78 is 11.9. The van der Waals surface area contributed by atoms with E-state index in [-0.39, 0.29) is 5.54 Å². The summed E-state index contributed by atoms with van der Waals surface area (Å²) in [6.07, 6.45) is 1.43. The van der Waals surface area contributed by atoms with Gasteiger partial charge in [-0.1, -0.05) is 6.92 Å². The maximum absolute atomic E-state index is 11.9. The summed E-state index contributed by atoms with van der Waals surface area (Å²) in [4.78, 5) is 0. The smallest absolute Gasteiger partial charge is 0.117 e. The lowest BCUT2D eigenvalue weighted by atomic mass is 9.70. The molecular weight excluding hydrogens is 157 g/mol. The second kappa shape index (κ2) is 3.71. The fourth-order valence-corrected chi connectivity index (χ4v) is 2.04. The number of halogens is 1. The average molecular weight is 175 g/mol. The van der Waals surface area contributed by atoms with Crippen LogP contribution in [-0.4, -0.2) is 30.0 Å². The van der Waals surface area contributed by atoms with Gasteiger partial charge in [-0.3, -0.25) is 0 Å². The van der Waals surface area contributed by atoms with Gasteiger partial charge in [0, 0.05) is 12.1 Å². The van der Waals surface area contributed by atoms with Gasteiger partial charge in [0.15, 0.2) is 0 Å². The Bertz CT molecular complexity index is 145. The molecule has 0 aromatic rings. The van der Waals surface area contributed by atoms with E-state index >= 15 is 0 Å². The summed E-state index contributed by atoms with van der Waals surface area (Å²) >= 11 is 0. The largest absolute Gasteiger partial charge is 0.389 e. The molecule has 12 heavy (non-hydrogen) atoms. The van der Waals surface area contributed by atoms with Crippen molar-refractivity contribution in [3.8, 4) is 0 Å². The van der Waals surface area contributed by atoms with Crippen molar-refractivity contribution < 1.29 is 9.50 Å². The van der Waals surface area contributed by atoms with Crippen molar-refractivity contribution >= 4 is 0 Å². The molecule has 0 aliphatic heterocycles. The topological polar surface area (TPSA) is 32.3 Å². The number of aliphatic hydroxyl groups is 1. The average Bonchev–Trinajstić information content (AvgIpc) is 1.98. The molecule has 2 N–H and O–H groups in total. The zero-order valence-corrected chi connectivity index (χ0v) is 7.81. The molecule has 0 heterocycles. The van der Waals surface area contributed by atoms with Crippen LogP contribution in [0.5, 0.6) is 0 Å². The molecule has 0 bridgehead atoms. The highest BCUT2D eigenvalue weighted by Crippen LogP contribution is 2.36. The van der Waals surface area contributed by atoms with Gasteiger partial charge in [-0.25, -0.2) is 4.39 Å². The van der Waals surface area contributed by atoms with Gasteiger partial charge < -0.3 is 10.4 Å². The first-order valence-electron chi connectivity index (χ1n) is 4.55. The normalized spacial score (nSPS) is 37.5. The van der Waals surface area contributed by atoms with Crippen molar-refractivity contribution in [2.24, 2.45) is 5.92 Å². The molecule has 1 rings (SSSR count). The summed E-state index contributed by atoms with van der Waals surface area (Å²) in [5.74, 6) is 0.769. The van der Waals surface area contributed by atoms with Crippen molar-refractivity contribution in [1.82, 2.24) is 5.32 Å². The molecule has 1 unspecified atom stereocenters. The first-order chi connectivity index (χ1) is 5.56. The predicted molar refractivity (Wildman–Crippen MR) is 46.8 cm³/mol. The summed E-state index contributed by atoms with van der Waals surface area (Å²) in [6, 6.07) is 0. The number of hydrogen-bond acceptors (Lipinski definition) is 2. The fraction of sp³-hybridized carbons (Fsp3) is 1.00. The van der Waals surface area contributed by atoms with E-state index in [4.69, 9.17) is 5.11 Å². The van der Waals surface area contributed by atoms with E-state index in [1.807, 2.05) is 0 Å². The molecular formula is C9H18FNO. The fourth-order valence-electron chi connectivity index (χ4n) is 2.04. The van der Waals surface area contributed by atoms with E-state index in [0.29, 0.717) is 6.54 Å². The Kier molecular flexibility index (Phi) is 3.07. The number of hydrogen-bond donors (Lipinski definition) is 2. The third-order valence-corrected chi connectivity index (χ3v) is 2.54. The first kappa shape index (κ1) is 9.93. The number of aliphatic hydroxyl groups excluding tert-OH is 1. The van der Waals surface area contributed by atoms with E-state index in [0.717, 1.165) is 18.8 Å². The summed E-state index contributed by atoms with van der Waals surface area (Å²) in [6.45, 7) is 4.05. The van der Waals surface area contributed by atoms with Crippen LogP contribution >= 0.6 is 0 Å². The lowest BCUT2D eigenvalue weighted by molar-refractivity contribution is 0.0872. The van der Waals surface area contributed by atoms with Crippen LogP contribution in [0.25, 0.3) is 0 Å². The lowest BCUT2D eigenvalue weighted by Gasteiger charge is -2.45. The summed E-state index contributed by atoms with van der Waals surface area (Å²) in [5, 5.41) is 12.2. The second-order valence-corrected chi connectivity index (χ2v) is 4.26. The van der Waals surface area contributed by atoms with Crippen LogP contribution in [0.4, 0.5) is 4.39 Å². The molecule has 1 saturated carbocycles. The minimum Gasteiger partial charge on any atom is -0.389 e. The van der Waals surface area contributed by atoms with Gasteiger partial charge >= 0.3 is 0 Å². The Labute approximate surface area is 73.2 Å². The monoisotopic (exact) mass is 175 g/mol. The summed E-state index contributed by atoms with van der Waals surface area (Å²) in [5.41, 5.74) is 0.148. The van der Waals surface area contributed by atoms with Crippen LogP contribution in [0.3, 0.4) is 0 Å². The van der Waals surface area contributed by atoms with E-state index < -0.39 is 12.8 Å². The molecule has 72 valence electrons. The van der Waals surface area contributed by atoms with Crippen molar-refractivity contribution in [2.45, 2.75) is 38.3 Å². The minimum absolute atomic E-state index is 0.148. The van der Waals surface area contributed by atoms with Gasteiger partial charge in [-0.15, -0.1) is 0 Å². The van der Waals surface area contributed by atoms with Crippen LogP contribution in [0, 0.1) is 5.92 Å². The van der Waals surface area contributed by atoms with Crippen LogP contribution < -0.4 is 5.32 Å². The number of rotatable bonds is 4. The third kappa shape index (κ3) is 2.42. The molecule has 0 saturated heterocycles. The molecule has 2 nitrogen and oxygen atoms in total. The Hall–Kier alpha value is -0.150. The SMILES string of the molecule is CC1CC(C)(NCC(O)CF)C1. The molecule has 0 amide bonds. The van der Waals surface area contributed by atoms with Crippen molar-refractivity contribution in [1.29, 1.82) is 0 Å². The Morgan fingerprint density at radius 2 is 2.25 bits per heavy atom. The zero-order valence-electron chi connectivity index (χ0n) is 7.81. The van der Waals surface area contributed by atoms with Crippen molar-refractivity contribution in [3.63, 3.8) is 0 Å². The molecule has 1 fully saturated rings. The molecule has 0 spiro atoms.